The van der Waals surface area contributed by atoms with Crippen LogP contribution >= 0.6 is 12.4 Å². The van der Waals surface area contributed by atoms with Gasteiger partial charge in [-0.05, 0) is 43.0 Å². The Morgan fingerprint density at radius 2 is 1.69 bits per heavy atom. The number of hydrogen-bond acceptors (Lipinski definition) is 4. The highest BCUT2D eigenvalue weighted by molar-refractivity contribution is 5.97. The Labute approximate surface area is 179 Å². The predicted molar refractivity (Wildman–Crippen MR) is 117 cm³/mol. The smallest absolute Gasteiger partial charge is 0.253 e. The lowest BCUT2D eigenvalue weighted by molar-refractivity contribution is -0.125. The van der Waals surface area contributed by atoms with Gasteiger partial charge in [0.25, 0.3) is 5.91 Å². The molecule has 29 heavy (non-hydrogen) atoms. The molecule has 0 saturated heterocycles. The van der Waals surface area contributed by atoms with Gasteiger partial charge in [0.15, 0.2) is 0 Å². The van der Waals surface area contributed by atoms with Crippen molar-refractivity contribution in [1.82, 2.24) is 10.2 Å². The van der Waals surface area contributed by atoms with Crippen molar-refractivity contribution in [3.63, 3.8) is 0 Å². The molecular formula is C21H33ClN4O3. The number of nitrogens with one attached hydrogen (secondary N) is 2. The number of carbonyl (C=O) groups excluding carboxylic acids is 3. The molecule has 3 amide bonds. The zero-order chi connectivity index (χ0) is 20.7. The molecule has 1 aliphatic carbocycles. The van der Waals surface area contributed by atoms with Gasteiger partial charge in [0, 0.05) is 24.3 Å². The fraction of sp³-hybridized carbons (Fsp3) is 0.571. The van der Waals surface area contributed by atoms with Gasteiger partial charge in [0.05, 0.1) is 12.6 Å². The standard InChI is InChI=1S/C21H32N4O3.ClH/c1-14(2)19(22)20(27)23-13-18(26)24-16-11-9-15(10-12-16)21(28)25(3)17-7-5-4-6-8-17;/h9-12,14,17,19H,4-8,13,22H2,1-3H3,(H,23,27)(H,24,26);1H/t19-;/m0./s1. The maximum absolute atomic E-state index is 12.7. The Bertz CT molecular complexity index is 688. The van der Waals surface area contributed by atoms with Gasteiger partial charge in [-0.25, -0.2) is 0 Å². The number of hydrogen-bond donors (Lipinski definition) is 3. The molecule has 0 heterocycles. The number of nitrogens with zero attached hydrogens (tertiary/aromatic N) is 1. The van der Waals surface area contributed by atoms with Crippen LogP contribution in [-0.2, 0) is 9.59 Å². The normalized spacial score (nSPS) is 15.2. The first-order valence-electron chi connectivity index (χ1n) is 10.00. The molecular weight excluding hydrogens is 392 g/mol. The van der Waals surface area contributed by atoms with Crippen molar-refractivity contribution in [3.8, 4) is 0 Å². The maximum Gasteiger partial charge on any atom is 0.253 e. The summed E-state index contributed by atoms with van der Waals surface area (Å²) in [5.74, 6) is -0.695. The monoisotopic (exact) mass is 424 g/mol. The molecule has 1 atom stereocenters. The minimum absolute atomic E-state index is 0. The highest BCUT2D eigenvalue weighted by atomic mass is 35.5. The Kier molecular flexibility index (Phi) is 10.1. The number of carbonyl (C=O) groups is 3. The second-order valence-electron chi connectivity index (χ2n) is 7.82. The molecule has 4 N–H and O–H groups in total. The third-order valence-electron chi connectivity index (χ3n) is 5.30. The maximum atomic E-state index is 12.7. The first-order chi connectivity index (χ1) is 13.3. The van der Waals surface area contributed by atoms with Crippen LogP contribution in [0.3, 0.4) is 0 Å². The molecule has 7 nitrogen and oxygen atoms in total. The van der Waals surface area contributed by atoms with E-state index in [4.69, 9.17) is 5.73 Å². The summed E-state index contributed by atoms with van der Waals surface area (Å²) in [4.78, 5) is 38.3. The van der Waals surface area contributed by atoms with Crippen LogP contribution in [0.25, 0.3) is 0 Å². The predicted octanol–water partition coefficient (Wildman–Crippen LogP) is 2.55. The summed E-state index contributed by atoms with van der Waals surface area (Å²) >= 11 is 0. The number of amides is 3. The van der Waals surface area contributed by atoms with Gasteiger partial charge in [0.2, 0.25) is 11.8 Å². The fourth-order valence-electron chi connectivity index (χ4n) is 3.33. The van der Waals surface area contributed by atoms with Crippen molar-refractivity contribution >= 4 is 35.8 Å². The number of anilines is 1. The van der Waals surface area contributed by atoms with Gasteiger partial charge in [-0.2, -0.15) is 0 Å². The molecule has 0 aliphatic heterocycles. The fourth-order valence-corrected chi connectivity index (χ4v) is 3.33. The molecule has 8 heteroatoms. The first-order valence-corrected chi connectivity index (χ1v) is 10.00. The first kappa shape index (κ1) is 24.9. The van der Waals surface area contributed by atoms with Crippen LogP contribution in [0.1, 0.15) is 56.3 Å². The lowest BCUT2D eigenvalue weighted by atomic mass is 9.94. The van der Waals surface area contributed by atoms with Gasteiger partial charge in [-0.3, -0.25) is 14.4 Å². The lowest BCUT2D eigenvalue weighted by Crippen LogP contribution is -2.46. The highest BCUT2D eigenvalue weighted by Gasteiger charge is 2.23. The highest BCUT2D eigenvalue weighted by Crippen LogP contribution is 2.23. The van der Waals surface area contributed by atoms with Crippen LogP contribution in [-0.4, -0.2) is 48.3 Å². The van der Waals surface area contributed by atoms with Gasteiger partial charge >= 0.3 is 0 Å². The molecule has 1 saturated carbocycles. The SMILES string of the molecule is CC(C)[C@H](N)C(=O)NCC(=O)Nc1ccc(C(=O)N(C)C2CCCCC2)cc1.Cl. The molecule has 2 rings (SSSR count). The van der Waals surface area contributed by atoms with Gasteiger partial charge in [0.1, 0.15) is 0 Å². The van der Waals surface area contributed by atoms with Crippen molar-refractivity contribution in [2.75, 3.05) is 18.9 Å². The van der Waals surface area contributed by atoms with E-state index >= 15 is 0 Å². The summed E-state index contributed by atoms with van der Waals surface area (Å²) in [6, 6.07) is 6.48. The van der Waals surface area contributed by atoms with E-state index in [1.54, 1.807) is 24.3 Å². The molecule has 0 radical (unpaired) electrons. The van der Waals surface area contributed by atoms with E-state index in [0.29, 0.717) is 17.3 Å². The van der Waals surface area contributed by atoms with Gasteiger partial charge in [-0.15, -0.1) is 12.4 Å². The van der Waals surface area contributed by atoms with Crippen molar-refractivity contribution in [1.29, 1.82) is 0 Å². The summed E-state index contributed by atoms with van der Waals surface area (Å²) in [6.07, 6.45) is 5.71. The molecule has 1 aromatic carbocycles. The summed E-state index contributed by atoms with van der Waals surface area (Å²) in [7, 11) is 1.86. The second-order valence-corrected chi connectivity index (χ2v) is 7.82. The molecule has 0 unspecified atom stereocenters. The minimum Gasteiger partial charge on any atom is -0.346 e. The van der Waals surface area contributed by atoms with Crippen LogP contribution in [0.15, 0.2) is 24.3 Å². The Morgan fingerprint density at radius 1 is 1.10 bits per heavy atom. The van der Waals surface area contributed by atoms with E-state index in [9.17, 15) is 14.4 Å². The second kappa shape index (κ2) is 11.8. The van der Waals surface area contributed by atoms with E-state index in [1.807, 2.05) is 25.8 Å². The van der Waals surface area contributed by atoms with Crippen LogP contribution in [0.5, 0.6) is 0 Å². The van der Waals surface area contributed by atoms with Crippen LogP contribution in [0.2, 0.25) is 0 Å². The summed E-state index contributed by atoms with van der Waals surface area (Å²) in [5.41, 5.74) is 6.92. The quantitative estimate of drug-likeness (QED) is 0.625. The number of halogens is 1. The Balaban J connectivity index is 0.00000420. The average molecular weight is 425 g/mol. The summed E-state index contributed by atoms with van der Waals surface area (Å²) in [5, 5.41) is 5.23. The van der Waals surface area contributed by atoms with E-state index in [-0.39, 0.29) is 42.6 Å². The molecule has 1 aliphatic rings. The van der Waals surface area contributed by atoms with E-state index in [0.717, 1.165) is 12.8 Å². The summed E-state index contributed by atoms with van der Waals surface area (Å²) < 4.78 is 0. The number of nitrogens with two attached hydrogens (primary N) is 1. The molecule has 1 fully saturated rings. The third-order valence-corrected chi connectivity index (χ3v) is 5.30. The molecule has 0 spiro atoms. The van der Waals surface area contributed by atoms with E-state index < -0.39 is 6.04 Å². The Morgan fingerprint density at radius 3 is 2.24 bits per heavy atom. The van der Waals surface area contributed by atoms with Crippen molar-refractivity contribution in [2.45, 2.75) is 58.0 Å². The van der Waals surface area contributed by atoms with Crippen LogP contribution in [0, 0.1) is 5.92 Å². The van der Waals surface area contributed by atoms with E-state index in [2.05, 4.69) is 10.6 Å². The van der Waals surface area contributed by atoms with E-state index in [1.165, 1.54) is 19.3 Å². The molecule has 162 valence electrons. The Hall–Kier alpha value is -2.12. The van der Waals surface area contributed by atoms with Crippen LogP contribution in [0.4, 0.5) is 5.69 Å². The average Bonchev–Trinajstić information content (AvgIpc) is 2.71. The molecule has 0 bridgehead atoms. The zero-order valence-electron chi connectivity index (χ0n) is 17.4. The largest absolute Gasteiger partial charge is 0.346 e. The topological polar surface area (TPSA) is 105 Å². The van der Waals surface area contributed by atoms with Crippen molar-refractivity contribution in [2.24, 2.45) is 11.7 Å². The molecule has 1 aromatic rings. The number of benzene rings is 1. The van der Waals surface area contributed by atoms with Crippen molar-refractivity contribution in [3.05, 3.63) is 29.8 Å². The van der Waals surface area contributed by atoms with Gasteiger partial charge < -0.3 is 21.3 Å². The number of rotatable bonds is 7. The van der Waals surface area contributed by atoms with Crippen molar-refractivity contribution < 1.29 is 14.4 Å². The van der Waals surface area contributed by atoms with Crippen LogP contribution < -0.4 is 16.4 Å². The zero-order valence-corrected chi connectivity index (χ0v) is 18.3. The third kappa shape index (κ3) is 7.33. The van der Waals surface area contributed by atoms with Gasteiger partial charge in [-0.1, -0.05) is 33.1 Å². The lowest BCUT2D eigenvalue weighted by Gasteiger charge is -2.31. The minimum atomic E-state index is -0.640. The molecule has 0 aromatic heterocycles. The summed E-state index contributed by atoms with van der Waals surface area (Å²) in [6.45, 7) is 3.54.